The predicted octanol–water partition coefficient (Wildman–Crippen LogP) is 5.60. The molecule has 2 aromatic heterocycles. The molecule has 3 heterocycles. The third kappa shape index (κ3) is 4.44. The van der Waals surface area contributed by atoms with E-state index in [1.807, 2.05) is 44.3 Å². The number of anilines is 1. The molecule has 0 spiro atoms. The van der Waals surface area contributed by atoms with E-state index in [2.05, 4.69) is 77.2 Å². The van der Waals surface area contributed by atoms with Gasteiger partial charge in [-0.15, -0.1) is 0 Å². The van der Waals surface area contributed by atoms with Gasteiger partial charge in [0.25, 0.3) is 0 Å². The minimum absolute atomic E-state index is 0.00590. The van der Waals surface area contributed by atoms with Crippen LogP contribution in [-0.4, -0.2) is 20.8 Å². The summed E-state index contributed by atoms with van der Waals surface area (Å²) < 4.78 is 8.07. The molecule has 0 radical (unpaired) electrons. The van der Waals surface area contributed by atoms with E-state index in [9.17, 15) is 0 Å². The number of pyridine rings is 1. The van der Waals surface area contributed by atoms with Gasteiger partial charge in [-0.1, -0.05) is 6.07 Å². The second-order valence-electron chi connectivity index (χ2n) is 9.18. The number of hydrogen-bond donors (Lipinski definition) is 1. The molecule has 0 unspecified atom stereocenters. The fourth-order valence-corrected chi connectivity index (χ4v) is 4.28. The second-order valence-corrected chi connectivity index (χ2v) is 9.57. The number of rotatable bonds is 5. The van der Waals surface area contributed by atoms with Crippen molar-refractivity contribution in [2.45, 2.75) is 58.3 Å². The number of hydrogen-bond acceptors (Lipinski definition) is 3. The molecule has 1 saturated heterocycles. The summed E-state index contributed by atoms with van der Waals surface area (Å²) >= 11 is 5.81. The van der Waals surface area contributed by atoms with Crippen LogP contribution in [0.3, 0.4) is 0 Å². The smallest absolute Gasteiger partial charge is 0.174 e. The lowest BCUT2D eigenvalue weighted by molar-refractivity contribution is 0.242. The number of thiocarbonyl (C=S) groups is 1. The van der Waals surface area contributed by atoms with Gasteiger partial charge < -0.3 is 19.5 Å². The van der Waals surface area contributed by atoms with Crippen LogP contribution in [0.5, 0.6) is 5.75 Å². The van der Waals surface area contributed by atoms with Gasteiger partial charge in [-0.05, 0) is 94.9 Å². The van der Waals surface area contributed by atoms with Crippen molar-refractivity contribution >= 4 is 23.0 Å². The summed E-state index contributed by atoms with van der Waals surface area (Å²) in [6.07, 6.45) is 6.33. The van der Waals surface area contributed by atoms with E-state index in [4.69, 9.17) is 17.0 Å². The zero-order chi connectivity index (χ0) is 22.2. The van der Waals surface area contributed by atoms with E-state index in [-0.39, 0.29) is 23.7 Å². The van der Waals surface area contributed by atoms with Crippen LogP contribution < -0.4 is 15.0 Å². The molecular formula is C25H30N4OS. The fraction of sp³-hybridized carbons (Fsp3) is 0.360. The molecule has 1 N–H and O–H groups in total. The number of aromatic nitrogens is 2. The summed E-state index contributed by atoms with van der Waals surface area (Å²) in [6.45, 7) is 10.7. The molecule has 0 amide bonds. The zero-order valence-electron chi connectivity index (χ0n) is 18.7. The number of benzene rings is 1. The Kier molecular flexibility index (Phi) is 5.75. The Hall–Kier alpha value is -2.86. The molecule has 0 aliphatic carbocycles. The Labute approximate surface area is 190 Å². The first-order valence-corrected chi connectivity index (χ1v) is 11.1. The molecule has 0 saturated carbocycles. The lowest BCUT2D eigenvalue weighted by Crippen LogP contribution is -2.29. The molecule has 4 rings (SSSR count). The van der Waals surface area contributed by atoms with E-state index in [1.165, 1.54) is 5.56 Å². The van der Waals surface area contributed by atoms with E-state index in [0.29, 0.717) is 5.11 Å². The van der Waals surface area contributed by atoms with Crippen molar-refractivity contribution in [2.24, 2.45) is 0 Å². The molecule has 5 nitrogen and oxygen atoms in total. The largest absolute Gasteiger partial charge is 0.491 e. The van der Waals surface area contributed by atoms with Crippen LogP contribution in [0.15, 0.2) is 67.1 Å². The summed E-state index contributed by atoms with van der Waals surface area (Å²) in [5.74, 6) is 0.855. The highest BCUT2D eigenvalue weighted by atomic mass is 32.1. The van der Waals surface area contributed by atoms with Crippen molar-refractivity contribution < 1.29 is 4.74 Å². The molecule has 1 aromatic carbocycles. The third-order valence-electron chi connectivity index (χ3n) is 5.42. The van der Waals surface area contributed by atoms with Gasteiger partial charge in [0, 0.05) is 29.8 Å². The average molecular weight is 435 g/mol. The summed E-state index contributed by atoms with van der Waals surface area (Å²) in [7, 11) is 0. The number of nitrogens with one attached hydrogen (secondary N) is 1. The highest BCUT2D eigenvalue weighted by Gasteiger charge is 2.41. The van der Waals surface area contributed by atoms with Crippen molar-refractivity contribution in [3.63, 3.8) is 0 Å². The maximum absolute atomic E-state index is 5.82. The van der Waals surface area contributed by atoms with Gasteiger partial charge >= 0.3 is 0 Å². The SMILES string of the molecule is CC(C)Oc1ccc(N2C(=S)N[C@@H](c3ccccn3)[C@H]2c2ccn(C(C)(C)C)c2)cc1. The second kappa shape index (κ2) is 8.35. The molecule has 2 atom stereocenters. The van der Waals surface area contributed by atoms with Gasteiger partial charge in [0.2, 0.25) is 0 Å². The highest BCUT2D eigenvalue weighted by Crippen LogP contribution is 2.42. The predicted molar refractivity (Wildman–Crippen MR) is 130 cm³/mol. The van der Waals surface area contributed by atoms with Crippen LogP contribution in [0.2, 0.25) is 0 Å². The zero-order valence-corrected chi connectivity index (χ0v) is 19.6. The summed E-state index contributed by atoms with van der Waals surface area (Å²) in [4.78, 5) is 6.82. The van der Waals surface area contributed by atoms with Crippen molar-refractivity contribution in [2.75, 3.05) is 4.90 Å². The number of nitrogens with zero attached hydrogens (tertiary/aromatic N) is 3. The molecule has 6 heteroatoms. The molecule has 1 fully saturated rings. The summed E-state index contributed by atoms with van der Waals surface area (Å²) in [5, 5.41) is 4.21. The van der Waals surface area contributed by atoms with Gasteiger partial charge in [-0.2, -0.15) is 0 Å². The molecule has 31 heavy (non-hydrogen) atoms. The first-order chi connectivity index (χ1) is 14.7. The van der Waals surface area contributed by atoms with Gasteiger partial charge in [-0.25, -0.2) is 0 Å². The lowest BCUT2D eigenvalue weighted by Gasteiger charge is -2.28. The molecule has 3 aromatic rings. The van der Waals surface area contributed by atoms with Crippen LogP contribution in [0, 0.1) is 0 Å². The van der Waals surface area contributed by atoms with Crippen LogP contribution in [-0.2, 0) is 5.54 Å². The summed E-state index contributed by atoms with van der Waals surface area (Å²) in [6, 6.07) is 16.3. The Morgan fingerprint density at radius 1 is 1.06 bits per heavy atom. The maximum Gasteiger partial charge on any atom is 0.174 e. The first-order valence-electron chi connectivity index (χ1n) is 10.7. The number of ether oxygens (including phenoxy) is 1. The van der Waals surface area contributed by atoms with E-state index < -0.39 is 0 Å². The normalized spacial score (nSPS) is 19.0. The van der Waals surface area contributed by atoms with E-state index >= 15 is 0 Å². The van der Waals surface area contributed by atoms with Crippen LogP contribution in [0.4, 0.5) is 5.69 Å². The quantitative estimate of drug-likeness (QED) is 0.529. The van der Waals surface area contributed by atoms with Crippen molar-refractivity contribution in [3.8, 4) is 5.75 Å². The van der Waals surface area contributed by atoms with E-state index in [0.717, 1.165) is 17.1 Å². The molecule has 1 aliphatic rings. The molecular weight excluding hydrogens is 404 g/mol. The monoisotopic (exact) mass is 434 g/mol. The minimum Gasteiger partial charge on any atom is -0.491 e. The molecule has 0 bridgehead atoms. The molecule has 1 aliphatic heterocycles. The average Bonchev–Trinajstić information content (AvgIpc) is 3.33. The Morgan fingerprint density at radius 2 is 1.81 bits per heavy atom. The van der Waals surface area contributed by atoms with Crippen molar-refractivity contribution in [1.29, 1.82) is 0 Å². The van der Waals surface area contributed by atoms with Gasteiger partial charge in [-0.3, -0.25) is 4.98 Å². The van der Waals surface area contributed by atoms with Gasteiger partial charge in [0.05, 0.1) is 23.9 Å². The topological polar surface area (TPSA) is 42.3 Å². The van der Waals surface area contributed by atoms with Crippen LogP contribution in [0.1, 0.15) is 58.0 Å². The Morgan fingerprint density at radius 3 is 2.39 bits per heavy atom. The van der Waals surface area contributed by atoms with Gasteiger partial charge in [0.15, 0.2) is 5.11 Å². The summed E-state index contributed by atoms with van der Waals surface area (Å²) in [5.41, 5.74) is 3.20. The van der Waals surface area contributed by atoms with Gasteiger partial charge in [0.1, 0.15) is 5.75 Å². The van der Waals surface area contributed by atoms with Crippen LogP contribution >= 0.6 is 12.2 Å². The first kappa shape index (κ1) is 21.4. The minimum atomic E-state index is -0.0453. The standard InChI is InChI=1S/C25H30N4OS/c1-17(2)30-20-11-9-19(10-12-20)29-23(18-13-15-28(16-18)25(3,4)5)22(27-24(29)31)21-8-6-7-14-26-21/h6-17,22-23H,1-5H3,(H,27,31)/t22-,23+/m0/s1. The van der Waals surface area contributed by atoms with Crippen molar-refractivity contribution in [3.05, 3.63) is 78.4 Å². The highest BCUT2D eigenvalue weighted by molar-refractivity contribution is 7.80. The Bertz CT molecular complexity index is 1040. The maximum atomic E-state index is 5.82. The van der Waals surface area contributed by atoms with Crippen molar-refractivity contribution in [1.82, 2.24) is 14.9 Å². The lowest BCUT2D eigenvalue weighted by atomic mass is 9.98. The Balaban J connectivity index is 1.75. The van der Waals surface area contributed by atoms with Crippen LogP contribution in [0.25, 0.3) is 0 Å². The van der Waals surface area contributed by atoms with E-state index in [1.54, 1.807) is 0 Å². The molecule has 162 valence electrons. The third-order valence-corrected chi connectivity index (χ3v) is 5.73. The fourth-order valence-electron chi connectivity index (χ4n) is 3.93.